The molecule has 1 unspecified atom stereocenters. The number of hydrogen-bond donors (Lipinski definition) is 2. The number of halogens is 3. The number of sulfonamides is 1. The first-order valence-corrected chi connectivity index (χ1v) is 7.23. The summed E-state index contributed by atoms with van der Waals surface area (Å²) in [6.07, 6.45) is 0.385. The molecule has 114 valence electrons. The van der Waals surface area contributed by atoms with Gasteiger partial charge in [-0.15, -0.1) is 0 Å². The van der Waals surface area contributed by atoms with Crippen LogP contribution >= 0.6 is 0 Å². The van der Waals surface area contributed by atoms with Gasteiger partial charge in [0.2, 0.25) is 0 Å². The van der Waals surface area contributed by atoms with Crippen LogP contribution in [0.25, 0.3) is 0 Å². The Bertz CT molecular complexity index is 392. The van der Waals surface area contributed by atoms with E-state index in [1.165, 1.54) is 4.72 Å². The van der Waals surface area contributed by atoms with Crippen molar-refractivity contribution in [3.8, 4) is 0 Å². The van der Waals surface area contributed by atoms with E-state index in [9.17, 15) is 26.4 Å². The molecular weight excluding hydrogens is 287 g/mol. The van der Waals surface area contributed by atoms with E-state index in [4.69, 9.17) is 5.11 Å². The minimum absolute atomic E-state index is 0.0646. The van der Waals surface area contributed by atoms with Gasteiger partial charge in [-0.2, -0.15) is 13.2 Å². The third kappa shape index (κ3) is 6.76. The van der Waals surface area contributed by atoms with Gasteiger partial charge in [-0.3, -0.25) is 4.79 Å². The van der Waals surface area contributed by atoms with E-state index in [1.807, 2.05) is 13.8 Å². The van der Waals surface area contributed by atoms with Gasteiger partial charge in [0.15, 0.2) is 0 Å². The Balaban J connectivity index is 4.32. The van der Waals surface area contributed by atoms with E-state index in [1.54, 1.807) is 0 Å². The van der Waals surface area contributed by atoms with Crippen LogP contribution in [0.5, 0.6) is 0 Å². The summed E-state index contributed by atoms with van der Waals surface area (Å²) in [6, 6.07) is 0. The minimum atomic E-state index is -5.32. The van der Waals surface area contributed by atoms with Crippen molar-refractivity contribution in [3.63, 3.8) is 0 Å². The third-order valence-corrected chi connectivity index (χ3v) is 3.98. The lowest BCUT2D eigenvalue weighted by Gasteiger charge is -2.20. The highest BCUT2D eigenvalue weighted by molar-refractivity contribution is 7.90. The van der Waals surface area contributed by atoms with Crippen LogP contribution in [0.15, 0.2) is 0 Å². The van der Waals surface area contributed by atoms with Gasteiger partial charge < -0.3 is 5.11 Å². The van der Waals surface area contributed by atoms with E-state index in [-0.39, 0.29) is 31.2 Å². The van der Waals surface area contributed by atoms with Gasteiger partial charge in [0.1, 0.15) is 0 Å². The molecule has 9 heteroatoms. The van der Waals surface area contributed by atoms with Gasteiger partial charge in [-0.1, -0.05) is 13.8 Å². The zero-order chi connectivity index (χ0) is 15.3. The van der Waals surface area contributed by atoms with Gasteiger partial charge >= 0.3 is 21.5 Å². The van der Waals surface area contributed by atoms with Gasteiger partial charge in [-0.05, 0) is 24.7 Å². The van der Waals surface area contributed by atoms with Crippen molar-refractivity contribution < 1.29 is 31.5 Å². The Hall–Kier alpha value is -0.830. The van der Waals surface area contributed by atoms with E-state index in [0.29, 0.717) is 6.42 Å². The molecule has 0 aliphatic rings. The lowest BCUT2D eigenvalue weighted by molar-refractivity contribution is -0.137. The first-order chi connectivity index (χ1) is 8.47. The third-order valence-electron chi connectivity index (χ3n) is 2.78. The van der Waals surface area contributed by atoms with Crippen LogP contribution < -0.4 is 4.72 Å². The first kappa shape index (κ1) is 18.2. The molecule has 19 heavy (non-hydrogen) atoms. The molecule has 0 bridgehead atoms. The fraction of sp³-hybridized carbons (Fsp3) is 0.900. The van der Waals surface area contributed by atoms with Crippen LogP contribution in [0, 0.1) is 11.8 Å². The maximum absolute atomic E-state index is 12.0. The van der Waals surface area contributed by atoms with Crippen molar-refractivity contribution in [2.24, 2.45) is 11.8 Å². The highest BCUT2D eigenvalue weighted by atomic mass is 32.2. The normalized spacial score (nSPS) is 14.6. The standard InChI is InChI=1S/C10H18F3NO4S/c1-7(2)8(3-4-9(15)16)5-6-14-19(17,18)10(11,12)13/h7-8,14H,3-6H2,1-2H3,(H,15,16). The lowest BCUT2D eigenvalue weighted by atomic mass is 9.88. The van der Waals surface area contributed by atoms with E-state index in [2.05, 4.69) is 0 Å². The average molecular weight is 305 g/mol. The van der Waals surface area contributed by atoms with E-state index in [0.717, 1.165) is 0 Å². The molecule has 0 heterocycles. The van der Waals surface area contributed by atoms with Gasteiger partial charge in [0, 0.05) is 13.0 Å². The largest absolute Gasteiger partial charge is 0.511 e. The number of rotatable bonds is 8. The smallest absolute Gasteiger partial charge is 0.481 e. The summed E-state index contributed by atoms with van der Waals surface area (Å²) in [5, 5.41) is 8.55. The monoisotopic (exact) mass is 305 g/mol. The molecule has 5 nitrogen and oxygen atoms in total. The molecule has 0 aromatic heterocycles. The van der Waals surface area contributed by atoms with Crippen LogP contribution in [0.2, 0.25) is 0 Å². The number of carboxylic acids is 1. The Morgan fingerprint density at radius 1 is 1.26 bits per heavy atom. The van der Waals surface area contributed by atoms with Crippen LogP contribution in [0.3, 0.4) is 0 Å². The number of nitrogens with one attached hydrogen (secondary N) is 1. The molecule has 2 N–H and O–H groups in total. The molecule has 0 aromatic carbocycles. The topological polar surface area (TPSA) is 83.5 Å². The maximum Gasteiger partial charge on any atom is 0.511 e. The molecule has 0 saturated heterocycles. The predicted molar refractivity (Wildman–Crippen MR) is 62.8 cm³/mol. The van der Waals surface area contributed by atoms with Crippen molar-refractivity contribution in [3.05, 3.63) is 0 Å². The number of hydrogen-bond acceptors (Lipinski definition) is 3. The Morgan fingerprint density at radius 3 is 2.16 bits per heavy atom. The average Bonchev–Trinajstić information content (AvgIpc) is 2.20. The first-order valence-electron chi connectivity index (χ1n) is 5.75. The van der Waals surface area contributed by atoms with Crippen molar-refractivity contribution >= 4 is 16.0 Å². The Morgan fingerprint density at radius 2 is 1.79 bits per heavy atom. The summed E-state index contributed by atoms with van der Waals surface area (Å²) < 4.78 is 59.1. The summed E-state index contributed by atoms with van der Waals surface area (Å²) >= 11 is 0. The van der Waals surface area contributed by atoms with Crippen molar-refractivity contribution in [1.82, 2.24) is 4.72 Å². The molecule has 1 atom stereocenters. The van der Waals surface area contributed by atoms with Crippen LogP contribution in [-0.2, 0) is 14.8 Å². The second-order valence-corrected chi connectivity index (χ2v) is 6.33. The summed E-state index contributed by atoms with van der Waals surface area (Å²) in [5.74, 6) is -1.07. The predicted octanol–water partition coefficient (Wildman–Crippen LogP) is 1.95. The second kappa shape index (κ2) is 7.09. The number of carbonyl (C=O) groups is 1. The highest BCUT2D eigenvalue weighted by Gasteiger charge is 2.45. The molecule has 0 aliphatic carbocycles. The molecule has 0 rings (SSSR count). The Kier molecular flexibility index (Phi) is 6.78. The van der Waals surface area contributed by atoms with Crippen LogP contribution in [0.4, 0.5) is 13.2 Å². The Labute approximate surface area is 110 Å². The summed E-state index contributed by atoms with van der Waals surface area (Å²) in [5.41, 5.74) is -5.32. The van der Waals surface area contributed by atoms with Crippen molar-refractivity contribution in [1.29, 1.82) is 0 Å². The number of carboxylic acid groups (broad SMARTS) is 1. The molecule has 0 amide bonds. The SMILES string of the molecule is CC(C)C(CCNS(=O)(=O)C(F)(F)F)CCC(=O)O. The van der Waals surface area contributed by atoms with Crippen molar-refractivity contribution in [2.75, 3.05) is 6.54 Å². The molecule has 0 aliphatic heterocycles. The fourth-order valence-corrected chi connectivity index (χ4v) is 2.13. The van der Waals surface area contributed by atoms with E-state index >= 15 is 0 Å². The summed E-state index contributed by atoms with van der Waals surface area (Å²) in [4.78, 5) is 10.4. The summed E-state index contributed by atoms with van der Waals surface area (Å²) in [6.45, 7) is 3.26. The molecule has 0 spiro atoms. The van der Waals surface area contributed by atoms with Crippen molar-refractivity contribution in [2.45, 2.75) is 38.6 Å². The van der Waals surface area contributed by atoms with Crippen LogP contribution in [0.1, 0.15) is 33.1 Å². The number of aliphatic carboxylic acids is 1. The van der Waals surface area contributed by atoms with Gasteiger partial charge in [0.25, 0.3) is 0 Å². The molecular formula is C10H18F3NO4S. The van der Waals surface area contributed by atoms with E-state index < -0.39 is 21.5 Å². The number of alkyl halides is 3. The maximum atomic E-state index is 12.0. The highest BCUT2D eigenvalue weighted by Crippen LogP contribution is 2.23. The minimum Gasteiger partial charge on any atom is -0.481 e. The zero-order valence-corrected chi connectivity index (χ0v) is 11.5. The zero-order valence-electron chi connectivity index (χ0n) is 10.7. The fourth-order valence-electron chi connectivity index (χ4n) is 1.58. The molecule has 0 fully saturated rings. The van der Waals surface area contributed by atoms with Crippen LogP contribution in [-0.4, -0.2) is 31.5 Å². The molecule has 0 radical (unpaired) electrons. The lowest BCUT2D eigenvalue weighted by Crippen LogP contribution is -2.37. The quantitative estimate of drug-likeness (QED) is 0.718. The van der Waals surface area contributed by atoms with Gasteiger partial charge in [0.05, 0.1) is 0 Å². The molecule has 0 aromatic rings. The van der Waals surface area contributed by atoms with Gasteiger partial charge in [-0.25, -0.2) is 13.1 Å². The second-order valence-electron chi connectivity index (χ2n) is 4.57. The summed E-state index contributed by atoms with van der Waals surface area (Å²) in [7, 11) is -5.32. The molecule has 0 saturated carbocycles.